The van der Waals surface area contributed by atoms with E-state index in [1.807, 2.05) is 58.4 Å². The normalized spacial score (nSPS) is 18.0. The van der Waals surface area contributed by atoms with Crippen LogP contribution >= 0.6 is 41.7 Å². The first-order valence-corrected chi connectivity index (χ1v) is 20.3. The molecule has 2 aromatic rings. The van der Waals surface area contributed by atoms with E-state index < -0.39 is 5.60 Å². The highest BCUT2D eigenvalue weighted by Gasteiger charge is 2.29. The van der Waals surface area contributed by atoms with Crippen molar-refractivity contribution >= 4 is 47.8 Å². The summed E-state index contributed by atoms with van der Waals surface area (Å²) in [5, 5.41) is 3.69. The zero-order valence-electron chi connectivity index (χ0n) is 22.0. The first kappa shape index (κ1) is 31.8. The van der Waals surface area contributed by atoms with Crippen molar-refractivity contribution in [2.75, 3.05) is 14.2 Å². The Balaban J connectivity index is 0.000000830. The second-order valence-corrected chi connectivity index (χ2v) is 23.7. The van der Waals surface area contributed by atoms with Gasteiger partial charge in [-0.15, -0.1) is 26.8 Å². The molecule has 3 rings (SSSR count). The fourth-order valence-electron chi connectivity index (χ4n) is 4.05. The quantitative estimate of drug-likeness (QED) is 0.341. The number of hydrogen-bond donors (Lipinski definition) is 1. The number of aromatic nitrogens is 1. The lowest BCUT2D eigenvalue weighted by atomic mass is 9.90. The van der Waals surface area contributed by atoms with Gasteiger partial charge < -0.3 is 19.7 Å². The van der Waals surface area contributed by atoms with Crippen LogP contribution in [0.1, 0.15) is 52.0 Å². The number of ether oxygens (including phenoxy) is 2. The van der Waals surface area contributed by atoms with Gasteiger partial charge in [0.2, 0.25) is 0 Å². The third-order valence-electron chi connectivity index (χ3n) is 5.95. The summed E-state index contributed by atoms with van der Waals surface area (Å²) in [7, 11) is 12.8. The standard InChI is InChI=1S/C25H35N3O3.H7P5/c1-25(2,3)31-24(29)28(4)22-9-7-21(8-10-22)27-17-20-16-19(6-11-23(20)30-5)18-12-14-26-15-13-18;1-4-5(2)3/h6,11-16,21-22,27H,7-10,17H2,1-5H3;4H,1-3H2. The van der Waals surface area contributed by atoms with E-state index in [2.05, 4.69) is 49.2 Å². The highest BCUT2D eigenvalue weighted by molar-refractivity contribution is 8.77. The maximum atomic E-state index is 12.3. The molecule has 11 heteroatoms. The van der Waals surface area contributed by atoms with Gasteiger partial charge in [-0.3, -0.25) is 4.98 Å². The first-order valence-electron chi connectivity index (χ1n) is 12.1. The molecule has 1 aromatic heterocycles. The van der Waals surface area contributed by atoms with Crippen molar-refractivity contribution in [3.05, 3.63) is 48.3 Å². The number of carbonyl (C=O) groups is 1. The Morgan fingerprint density at radius 3 is 2.28 bits per heavy atom. The Hall–Kier alpha value is -0.450. The highest BCUT2D eigenvalue weighted by atomic mass is 32.8. The van der Waals surface area contributed by atoms with Crippen LogP contribution in [0.5, 0.6) is 5.75 Å². The average Bonchev–Trinajstić information content (AvgIpc) is 2.87. The van der Waals surface area contributed by atoms with Gasteiger partial charge in [0, 0.05) is 43.6 Å². The minimum atomic E-state index is -0.464. The van der Waals surface area contributed by atoms with Crippen LogP contribution in [0.2, 0.25) is 0 Å². The van der Waals surface area contributed by atoms with Gasteiger partial charge in [-0.25, -0.2) is 4.79 Å². The molecule has 6 nitrogen and oxygen atoms in total. The van der Waals surface area contributed by atoms with E-state index >= 15 is 0 Å². The fourth-order valence-corrected chi connectivity index (χ4v) is 4.05. The zero-order valence-corrected chi connectivity index (χ0v) is 27.4. The molecule has 1 fully saturated rings. The van der Waals surface area contributed by atoms with E-state index in [4.69, 9.17) is 9.47 Å². The van der Waals surface area contributed by atoms with Crippen molar-refractivity contribution in [2.45, 2.75) is 70.7 Å². The maximum absolute atomic E-state index is 12.3. The molecule has 1 aromatic carbocycles. The molecule has 36 heavy (non-hydrogen) atoms. The van der Waals surface area contributed by atoms with Crippen LogP contribution in [-0.4, -0.2) is 47.8 Å². The molecule has 1 N–H and O–H groups in total. The van der Waals surface area contributed by atoms with Gasteiger partial charge in [0.05, 0.1) is 7.11 Å². The fraction of sp³-hybridized carbons (Fsp3) is 0.520. The van der Waals surface area contributed by atoms with Crippen LogP contribution in [-0.2, 0) is 11.3 Å². The Bertz CT molecular complexity index is 936. The van der Waals surface area contributed by atoms with E-state index in [9.17, 15) is 4.79 Å². The molecule has 0 aliphatic heterocycles. The number of hydrogen-bond acceptors (Lipinski definition) is 5. The molecule has 0 saturated heterocycles. The van der Waals surface area contributed by atoms with E-state index in [0.717, 1.165) is 62.6 Å². The van der Waals surface area contributed by atoms with Crippen LogP contribution in [0, 0.1) is 0 Å². The van der Waals surface area contributed by atoms with Crippen molar-refractivity contribution in [1.29, 1.82) is 0 Å². The molecule has 0 spiro atoms. The number of amides is 1. The monoisotopic (exact) mass is 587 g/mol. The van der Waals surface area contributed by atoms with Crippen molar-refractivity contribution < 1.29 is 14.3 Å². The maximum Gasteiger partial charge on any atom is 0.410 e. The van der Waals surface area contributed by atoms with E-state index in [1.54, 1.807) is 12.0 Å². The van der Waals surface area contributed by atoms with Crippen molar-refractivity contribution in [2.24, 2.45) is 0 Å². The smallest absolute Gasteiger partial charge is 0.410 e. The van der Waals surface area contributed by atoms with Crippen LogP contribution in [0.3, 0.4) is 0 Å². The van der Waals surface area contributed by atoms with Gasteiger partial charge >= 0.3 is 6.09 Å². The predicted octanol–water partition coefficient (Wildman–Crippen LogP) is 7.46. The van der Waals surface area contributed by atoms with Gasteiger partial charge in [0.1, 0.15) is 11.4 Å². The van der Waals surface area contributed by atoms with E-state index in [-0.39, 0.29) is 19.1 Å². The molecule has 1 amide bonds. The molecule has 1 saturated carbocycles. The van der Waals surface area contributed by atoms with Gasteiger partial charge in [-0.1, -0.05) is 14.0 Å². The van der Waals surface area contributed by atoms with Crippen molar-refractivity contribution in [1.82, 2.24) is 15.2 Å². The number of rotatable bonds is 7. The number of methoxy groups -OCH3 is 1. The lowest BCUT2D eigenvalue weighted by Gasteiger charge is -2.36. The molecule has 4 unspecified atom stereocenters. The highest BCUT2D eigenvalue weighted by Crippen LogP contribution is 2.71. The molecule has 200 valence electrons. The lowest BCUT2D eigenvalue weighted by molar-refractivity contribution is 0.0179. The zero-order chi connectivity index (χ0) is 26.7. The van der Waals surface area contributed by atoms with Crippen molar-refractivity contribution in [3.63, 3.8) is 0 Å². The molecular weight excluding hydrogens is 545 g/mol. The van der Waals surface area contributed by atoms with Crippen LogP contribution < -0.4 is 10.1 Å². The summed E-state index contributed by atoms with van der Waals surface area (Å²) < 4.78 is 11.1. The largest absolute Gasteiger partial charge is 0.496 e. The number of benzene rings is 1. The minimum absolute atomic E-state index is 0.226. The van der Waals surface area contributed by atoms with Gasteiger partial charge in [0.25, 0.3) is 0 Å². The summed E-state index contributed by atoms with van der Waals surface area (Å²) in [6.45, 7) is 6.68. The van der Waals surface area contributed by atoms with Crippen LogP contribution in [0.15, 0.2) is 42.7 Å². The molecule has 1 aliphatic rings. The summed E-state index contributed by atoms with van der Waals surface area (Å²) in [4.78, 5) is 18.2. The molecule has 0 radical (unpaired) electrons. The summed E-state index contributed by atoms with van der Waals surface area (Å²) in [5.74, 6) is 0.892. The second-order valence-electron chi connectivity index (χ2n) is 9.78. The van der Waals surface area contributed by atoms with Gasteiger partial charge in [-0.2, -0.15) is 0 Å². The third kappa shape index (κ3) is 11.1. The van der Waals surface area contributed by atoms with Gasteiger partial charge in [0.15, 0.2) is 0 Å². The van der Waals surface area contributed by atoms with Crippen LogP contribution in [0.25, 0.3) is 11.1 Å². The molecule has 4 atom stereocenters. The molecular formula is C25H42N3O3P5. The summed E-state index contributed by atoms with van der Waals surface area (Å²) >= 11 is 0. The number of nitrogens with zero attached hydrogens (tertiary/aromatic N) is 2. The Morgan fingerprint density at radius 2 is 1.75 bits per heavy atom. The van der Waals surface area contributed by atoms with Crippen molar-refractivity contribution in [3.8, 4) is 16.9 Å². The lowest BCUT2D eigenvalue weighted by Crippen LogP contribution is -2.44. The van der Waals surface area contributed by atoms with E-state index in [1.165, 1.54) is 0 Å². The average molecular weight is 587 g/mol. The summed E-state index contributed by atoms with van der Waals surface area (Å²) in [6.07, 6.45) is 7.40. The summed E-state index contributed by atoms with van der Waals surface area (Å²) in [5.41, 5.74) is 2.98. The SMILES string of the molecule is COc1ccc(-c2ccncc2)cc1CNC1CCC(N(C)C(=O)OC(C)(C)C)CC1.PPP(P)P. The number of pyridine rings is 1. The molecule has 1 heterocycles. The van der Waals surface area contributed by atoms with Crippen LogP contribution in [0.4, 0.5) is 4.79 Å². The topological polar surface area (TPSA) is 63.7 Å². The minimum Gasteiger partial charge on any atom is -0.496 e. The van der Waals surface area contributed by atoms with E-state index in [0.29, 0.717) is 6.04 Å². The first-order chi connectivity index (χ1) is 17.0. The predicted molar refractivity (Wildman–Crippen MR) is 167 cm³/mol. The Morgan fingerprint density at radius 1 is 1.14 bits per heavy atom. The Kier molecular flexibility index (Phi) is 14.0. The summed E-state index contributed by atoms with van der Waals surface area (Å²) in [6, 6.07) is 11.0. The number of carbonyl (C=O) groups excluding carboxylic acids is 1. The molecule has 0 bridgehead atoms. The molecule has 1 aliphatic carbocycles. The number of nitrogens with one attached hydrogen (secondary N) is 1. The Labute approximate surface area is 226 Å². The van der Waals surface area contributed by atoms with Gasteiger partial charge in [-0.05, 0) is 88.8 Å². The second kappa shape index (κ2) is 15.8. The third-order valence-corrected chi connectivity index (χ3v) is 17.9.